The number of carbonyl (C=O) groups is 2. The fourth-order valence-electron chi connectivity index (χ4n) is 3.12. The van der Waals surface area contributed by atoms with Crippen LogP contribution >= 0.6 is 0 Å². The zero-order chi connectivity index (χ0) is 22.4. The lowest BCUT2D eigenvalue weighted by Crippen LogP contribution is -2.41. The van der Waals surface area contributed by atoms with Crippen molar-refractivity contribution in [3.63, 3.8) is 0 Å². The Morgan fingerprint density at radius 2 is 1.87 bits per heavy atom. The maximum Gasteiger partial charge on any atom is 0.270 e. The second-order valence-corrected chi connectivity index (χ2v) is 9.22. The summed E-state index contributed by atoms with van der Waals surface area (Å²) in [4.78, 5) is 36.8. The number of amides is 2. The number of ether oxygens (including phenoxy) is 1. The van der Waals surface area contributed by atoms with Crippen LogP contribution in [0.15, 0.2) is 34.0 Å². The Labute approximate surface area is 174 Å². The van der Waals surface area contributed by atoms with E-state index in [0.717, 1.165) is 0 Å². The van der Waals surface area contributed by atoms with Gasteiger partial charge in [0, 0.05) is 18.8 Å². The van der Waals surface area contributed by atoms with Crippen molar-refractivity contribution in [3.8, 4) is 5.75 Å². The van der Waals surface area contributed by atoms with E-state index in [1.807, 2.05) is 18.6 Å². The van der Waals surface area contributed by atoms with Crippen molar-refractivity contribution in [2.24, 2.45) is 13.0 Å². The highest BCUT2D eigenvalue weighted by molar-refractivity contribution is 7.90. The van der Waals surface area contributed by atoms with Gasteiger partial charge in [0.05, 0.1) is 10.6 Å². The molecule has 0 bridgehead atoms. The van der Waals surface area contributed by atoms with Gasteiger partial charge in [0.2, 0.25) is 0 Å². The standard InChI is InChI=1S/C20H23N3O6S/c1-10(2)17-19(25)21-14-8-11(3)16(9-15(14)29-17)30(27,28)22-18(24)13-7-6-12(4)23(5)20(13)26/h6-10,17H,1-5H3,(H,21,25)(H,22,24)/t17-/m0/s1. The SMILES string of the molecule is Cc1cc2c(cc1S(=O)(=O)NC(=O)c1ccc(C)n(C)c1=O)O[C@@H](C(C)C)C(=O)N2. The van der Waals surface area contributed by atoms with Crippen LogP contribution in [-0.2, 0) is 21.9 Å². The molecule has 9 nitrogen and oxygen atoms in total. The second-order valence-electron chi connectivity index (χ2n) is 7.57. The molecule has 160 valence electrons. The first-order valence-electron chi connectivity index (χ1n) is 9.28. The first-order valence-corrected chi connectivity index (χ1v) is 10.8. The third-order valence-electron chi connectivity index (χ3n) is 4.97. The summed E-state index contributed by atoms with van der Waals surface area (Å²) in [5.41, 5.74) is 0.398. The minimum atomic E-state index is -4.30. The molecule has 0 saturated carbocycles. The van der Waals surface area contributed by atoms with Gasteiger partial charge in [-0.25, -0.2) is 13.1 Å². The highest BCUT2D eigenvalue weighted by Gasteiger charge is 2.32. The first kappa shape index (κ1) is 21.6. The lowest BCUT2D eigenvalue weighted by atomic mass is 10.0. The van der Waals surface area contributed by atoms with Crippen molar-refractivity contribution >= 4 is 27.5 Å². The topological polar surface area (TPSA) is 124 Å². The normalized spacial score (nSPS) is 15.9. The zero-order valence-electron chi connectivity index (χ0n) is 17.3. The molecule has 2 amide bonds. The van der Waals surface area contributed by atoms with Gasteiger partial charge >= 0.3 is 0 Å². The minimum Gasteiger partial charge on any atom is -0.478 e. The largest absolute Gasteiger partial charge is 0.478 e. The van der Waals surface area contributed by atoms with E-state index in [1.165, 1.54) is 36.7 Å². The summed E-state index contributed by atoms with van der Waals surface area (Å²) in [6.45, 7) is 6.84. The molecule has 2 heterocycles. The van der Waals surface area contributed by atoms with Gasteiger partial charge in [-0.3, -0.25) is 14.4 Å². The highest BCUT2D eigenvalue weighted by Crippen LogP contribution is 2.35. The van der Waals surface area contributed by atoms with Crippen LogP contribution in [0.2, 0.25) is 0 Å². The Morgan fingerprint density at radius 1 is 1.20 bits per heavy atom. The number of rotatable bonds is 4. The zero-order valence-corrected chi connectivity index (χ0v) is 18.1. The van der Waals surface area contributed by atoms with Crippen molar-refractivity contribution in [2.75, 3.05) is 5.32 Å². The smallest absolute Gasteiger partial charge is 0.270 e. The number of aryl methyl sites for hydroxylation is 2. The molecule has 30 heavy (non-hydrogen) atoms. The maximum atomic E-state index is 12.9. The Hall–Kier alpha value is -3.14. The van der Waals surface area contributed by atoms with Crippen LogP contribution in [0.3, 0.4) is 0 Å². The maximum absolute atomic E-state index is 12.9. The van der Waals surface area contributed by atoms with Crippen molar-refractivity contribution in [1.29, 1.82) is 0 Å². The number of sulfonamides is 1. The third-order valence-corrected chi connectivity index (χ3v) is 6.44. The van der Waals surface area contributed by atoms with Crippen molar-refractivity contribution in [1.82, 2.24) is 9.29 Å². The molecular weight excluding hydrogens is 410 g/mol. The van der Waals surface area contributed by atoms with E-state index < -0.39 is 27.6 Å². The molecule has 1 aromatic heterocycles. The average molecular weight is 433 g/mol. The van der Waals surface area contributed by atoms with Crippen LogP contribution in [-0.4, -0.2) is 30.9 Å². The molecule has 1 atom stereocenters. The number of aromatic nitrogens is 1. The predicted molar refractivity (Wildman–Crippen MR) is 110 cm³/mol. The van der Waals surface area contributed by atoms with Gasteiger partial charge in [0.1, 0.15) is 11.3 Å². The number of nitrogens with one attached hydrogen (secondary N) is 2. The molecule has 0 aliphatic carbocycles. The summed E-state index contributed by atoms with van der Waals surface area (Å²) in [6.07, 6.45) is -0.763. The lowest BCUT2D eigenvalue weighted by molar-refractivity contribution is -0.125. The average Bonchev–Trinajstić information content (AvgIpc) is 2.64. The molecule has 0 saturated heterocycles. The quantitative estimate of drug-likeness (QED) is 0.753. The second kappa shape index (κ2) is 7.60. The molecule has 0 spiro atoms. The van der Waals surface area contributed by atoms with Crippen molar-refractivity contribution < 1.29 is 22.7 Å². The molecule has 1 aliphatic heterocycles. The van der Waals surface area contributed by atoms with Gasteiger partial charge < -0.3 is 14.6 Å². The number of fused-ring (bicyclic) bond motifs is 1. The lowest BCUT2D eigenvalue weighted by Gasteiger charge is -2.29. The highest BCUT2D eigenvalue weighted by atomic mass is 32.2. The molecule has 1 aromatic carbocycles. The van der Waals surface area contributed by atoms with E-state index in [9.17, 15) is 22.8 Å². The van der Waals surface area contributed by atoms with Gasteiger partial charge in [-0.2, -0.15) is 0 Å². The summed E-state index contributed by atoms with van der Waals surface area (Å²) >= 11 is 0. The summed E-state index contributed by atoms with van der Waals surface area (Å²) in [5.74, 6) is -1.27. The minimum absolute atomic E-state index is 0.128. The van der Waals surface area contributed by atoms with E-state index in [4.69, 9.17) is 4.74 Å². The van der Waals surface area contributed by atoms with Gasteiger partial charge in [-0.15, -0.1) is 0 Å². The monoisotopic (exact) mass is 433 g/mol. The Balaban J connectivity index is 1.97. The molecule has 3 rings (SSSR count). The van der Waals surface area contributed by atoms with Crippen molar-refractivity contribution in [3.05, 3.63) is 51.4 Å². The molecule has 2 N–H and O–H groups in total. The van der Waals surface area contributed by atoms with E-state index in [2.05, 4.69) is 5.32 Å². The number of hydrogen-bond donors (Lipinski definition) is 2. The number of carbonyl (C=O) groups excluding carboxylic acids is 2. The van der Waals surface area contributed by atoms with E-state index >= 15 is 0 Å². The summed E-state index contributed by atoms with van der Waals surface area (Å²) in [7, 11) is -2.81. The van der Waals surface area contributed by atoms with Gasteiger partial charge in [-0.05, 0) is 43.5 Å². The van der Waals surface area contributed by atoms with Crippen LogP contribution in [0.5, 0.6) is 5.75 Å². The number of nitrogens with zero attached hydrogens (tertiary/aromatic N) is 1. The summed E-state index contributed by atoms with van der Waals surface area (Å²) in [6, 6.07) is 5.57. The first-order chi connectivity index (χ1) is 13.9. The number of hydrogen-bond acceptors (Lipinski definition) is 6. The molecule has 0 fully saturated rings. The Bertz CT molecular complexity index is 1210. The van der Waals surface area contributed by atoms with Gasteiger partial charge in [-0.1, -0.05) is 13.8 Å². The van der Waals surface area contributed by atoms with Gasteiger partial charge in [0.25, 0.3) is 27.4 Å². The van der Waals surface area contributed by atoms with Crippen LogP contribution in [0.25, 0.3) is 0 Å². The molecule has 0 unspecified atom stereocenters. The number of anilines is 1. The van der Waals surface area contributed by atoms with Crippen LogP contribution in [0.4, 0.5) is 5.69 Å². The molecule has 1 aliphatic rings. The third kappa shape index (κ3) is 3.82. The van der Waals surface area contributed by atoms with Gasteiger partial charge in [0.15, 0.2) is 6.10 Å². The fraction of sp³-hybridized carbons (Fsp3) is 0.350. The number of pyridine rings is 1. The van der Waals surface area contributed by atoms with E-state index in [0.29, 0.717) is 16.9 Å². The molecule has 2 aromatic rings. The van der Waals surface area contributed by atoms with Crippen LogP contribution in [0.1, 0.15) is 35.5 Å². The molecule has 0 radical (unpaired) electrons. The van der Waals surface area contributed by atoms with Crippen molar-refractivity contribution in [2.45, 2.75) is 38.7 Å². The fourth-order valence-corrected chi connectivity index (χ4v) is 4.33. The summed E-state index contributed by atoms with van der Waals surface area (Å²) in [5, 5.41) is 2.71. The van der Waals surface area contributed by atoms with E-state index in [1.54, 1.807) is 13.0 Å². The summed E-state index contributed by atoms with van der Waals surface area (Å²) < 4.78 is 34.7. The van der Waals surface area contributed by atoms with Crippen LogP contribution < -0.4 is 20.3 Å². The molecule has 10 heteroatoms. The predicted octanol–water partition coefficient (Wildman–Crippen LogP) is 1.48. The molecular formula is C20H23N3O6S. The Kier molecular flexibility index (Phi) is 5.46. The van der Waals surface area contributed by atoms with Crippen LogP contribution in [0, 0.1) is 19.8 Å². The van der Waals surface area contributed by atoms with E-state index in [-0.39, 0.29) is 28.0 Å². The Morgan fingerprint density at radius 3 is 2.50 bits per heavy atom. The number of benzene rings is 1.